The fraction of sp³-hybridized carbons (Fsp3) is 0.200. The maximum absolute atomic E-state index is 13.6. The third-order valence-corrected chi connectivity index (χ3v) is 8.50. The lowest BCUT2D eigenvalue weighted by Crippen LogP contribution is -2.47. The molecule has 1 saturated heterocycles. The molecule has 1 fully saturated rings. The lowest BCUT2D eigenvalue weighted by molar-refractivity contribution is 0.184. The third-order valence-electron chi connectivity index (χ3n) is 4.96. The lowest BCUT2D eigenvalue weighted by Gasteiger charge is -2.31. The molecule has 1 aliphatic rings. The molecule has 0 unspecified atom stereocenters. The summed E-state index contributed by atoms with van der Waals surface area (Å²) in [6.07, 6.45) is -1.38. The van der Waals surface area contributed by atoms with Crippen LogP contribution < -0.4 is 4.31 Å². The highest BCUT2D eigenvalue weighted by Gasteiger charge is 2.45. The van der Waals surface area contributed by atoms with Gasteiger partial charge in [0, 0.05) is 6.07 Å². The van der Waals surface area contributed by atoms with Crippen LogP contribution >= 0.6 is 0 Å². The standard InChI is InChI=1S/C20H19NO6S2/c22-17-7-3-6-16(11-17)21(19-12-28(24,25)13-20(19)23)29(26,27)18-9-8-14-4-1-2-5-15(14)10-18/h1-11,19-20,22-23H,12-13H2/t19-,20-/m1/s1. The first kappa shape index (κ1) is 19.7. The summed E-state index contributed by atoms with van der Waals surface area (Å²) in [5, 5.41) is 21.8. The number of nitrogens with zero attached hydrogens (tertiary/aromatic N) is 1. The number of fused-ring (bicyclic) bond motifs is 1. The molecule has 2 N–H and O–H groups in total. The van der Waals surface area contributed by atoms with Gasteiger partial charge in [0.2, 0.25) is 0 Å². The van der Waals surface area contributed by atoms with Gasteiger partial charge >= 0.3 is 0 Å². The van der Waals surface area contributed by atoms with E-state index < -0.39 is 43.5 Å². The Morgan fingerprint density at radius 3 is 2.28 bits per heavy atom. The van der Waals surface area contributed by atoms with Crippen LogP contribution in [0.1, 0.15) is 0 Å². The minimum Gasteiger partial charge on any atom is -0.508 e. The summed E-state index contributed by atoms with van der Waals surface area (Å²) >= 11 is 0. The molecule has 0 bridgehead atoms. The first-order valence-electron chi connectivity index (χ1n) is 8.88. The molecule has 29 heavy (non-hydrogen) atoms. The van der Waals surface area contributed by atoms with Gasteiger partial charge in [-0.2, -0.15) is 0 Å². The summed E-state index contributed by atoms with van der Waals surface area (Å²) < 4.78 is 52.2. The number of phenolic OH excluding ortho intramolecular Hbond substituents is 1. The molecule has 0 spiro atoms. The van der Waals surface area contributed by atoms with Gasteiger partial charge in [-0.05, 0) is 35.0 Å². The summed E-state index contributed by atoms with van der Waals surface area (Å²) in [7, 11) is -7.83. The van der Waals surface area contributed by atoms with Crippen molar-refractivity contribution >= 4 is 36.3 Å². The SMILES string of the molecule is O=S1(=O)C[C@@H](O)[C@H](N(c2cccc(O)c2)S(=O)(=O)c2ccc3ccccc3c2)C1. The molecule has 7 nitrogen and oxygen atoms in total. The molecule has 1 heterocycles. The highest BCUT2D eigenvalue weighted by Crippen LogP contribution is 2.33. The van der Waals surface area contributed by atoms with E-state index in [0.717, 1.165) is 9.69 Å². The number of aliphatic hydroxyl groups is 1. The van der Waals surface area contributed by atoms with Gasteiger partial charge in [-0.15, -0.1) is 0 Å². The summed E-state index contributed by atoms with van der Waals surface area (Å²) in [5.41, 5.74) is 0.0827. The van der Waals surface area contributed by atoms with Gasteiger partial charge in [0.1, 0.15) is 5.75 Å². The van der Waals surface area contributed by atoms with Crippen molar-refractivity contribution in [3.05, 3.63) is 66.7 Å². The molecule has 3 aromatic carbocycles. The number of sulfonamides is 1. The predicted molar refractivity (Wildman–Crippen MR) is 110 cm³/mol. The monoisotopic (exact) mass is 433 g/mol. The highest BCUT2D eigenvalue weighted by molar-refractivity contribution is 7.93. The van der Waals surface area contributed by atoms with Crippen molar-refractivity contribution in [2.24, 2.45) is 0 Å². The van der Waals surface area contributed by atoms with Gasteiger partial charge in [-0.25, -0.2) is 16.8 Å². The van der Waals surface area contributed by atoms with Crippen molar-refractivity contribution in [1.29, 1.82) is 0 Å². The molecular formula is C20H19NO6S2. The molecular weight excluding hydrogens is 414 g/mol. The van der Waals surface area contributed by atoms with Crippen LogP contribution in [0.25, 0.3) is 10.8 Å². The van der Waals surface area contributed by atoms with Gasteiger partial charge in [0.05, 0.1) is 34.2 Å². The zero-order valence-corrected chi connectivity index (χ0v) is 16.8. The number of hydrogen-bond donors (Lipinski definition) is 2. The Morgan fingerprint density at radius 2 is 1.62 bits per heavy atom. The minimum atomic E-state index is -4.23. The van der Waals surface area contributed by atoms with Gasteiger partial charge in [0.25, 0.3) is 10.0 Å². The topological polar surface area (TPSA) is 112 Å². The van der Waals surface area contributed by atoms with Gasteiger partial charge in [-0.1, -0.05) is 36.4 Å². The van der Waals surface area contributed by atoms with Crippen LogP contribution in [-0.2, 0) is 19.9 Å². The summed E-state index contributed by atoms with van der Waals surface area (Å²) in [4.78, 5) is -0.0314. The molecule has 3 aromatic rings. The summed E-state index contributed by atoms with van der Waals surface area (Å²) in [6, 6.07) is 16.2. The quantitative estimate of drug-likeness (QED) is 0.650. The van der Waals surface area contributed by atoms with E-state index in [1.807, 2.05) is 12.1 Å². The Kier molecular flexibility index (Phi) is 4.76. The maximum Gasteiger partial charge on any atom is 0.264 e. The van der Waals surface area contributed by atoms with E-state index in [1.165, 1.54) is 36.4 Å². The smallest absolute Gasteiger partial charge is 0.264 e. The molecule has 9 heteroatoms. The van der Waals surface area contributed by atoms with Crippen molar-refractivity contribution < 1.29 is 27.0 Å². The lowest BCUT2D eigenvalue weighted by atomic mass is 10.1. The average molecular weight is 434 g/mol. The number of sulfone groups is 1. The number of anilines is 1. The van der Waals surface area contributed by atoms with E-state index in [2.05, 4.69) is 0 Å². The third kappa shape index (κ3) is 3.68. The summed E-state index contributed by atoms with van der Waals surface area (Å²) in [5.74, 6) is -1.19. The number of hydrogen-bond acceptors (Lipinski definition) is 6. The summed E-state index contributed by atoms with van der Waals surface area (Å²) in [6.45, 7) is 0. The number of benzene rings is 3. The van der Waals surface area contributed by atoms with E-state index in [-0.39, 0.29) is 16.3 Å². The van der Waals surface area contributed by atoms with Crippen molar-refractivity contribution in [3.8, 4) is 5.75 Å². The highest BCUT2D eigenvalue weighted by atomic mass is 32.2. The molecule has 152 valence electrons. The predicted octanol–water partition coefficient (Wildman–Crippen LogP) is 1.90. The Hall–Kier alpha value is -2.62. The van der Waals surface area contributed by atoms with Crippen molar-refractivity contribution in [2.75, 3.05) is 15.8 Å². The Balaban J connectivity index is 1.89. The van der Waals surface area contributed by atoms with E-state index >= 15 is 0 Å². The Labute approximate surface area is 168 Å². The second-order valence-electron chi connectivity index (χ2n) is 7.04. The number of aromatic hydroxyl groups is 1. The average Bonchev–Trinajstić information content (AvgIpc) is 2.93. The molecule has 1 aliphatic heterocycles. The Bertz CT molecular complexity index is 1290. The zero-order valence-electron chi connectivity index (χ0n) is 15.2. The molecule has 2 atom stereocenters. The largest absolute Gasteiger partial charge is 0.508 e. The Morgan fingerprint density at radius 1 is 0.897 bits per heavy atom. The van der Waals surface area contributed by atoms with Crippen LogP contribution in [0.15, 0.2) is 71.6 Å². The van der Waals surface area contributed by atoms with Crippen molar-refractivity contribution in [1.82, 2.24) is 0 Å². The van der Waals surface area contributed by atoms with Gasteiger partial charge in [-0.3, -0.25) is 4.31 Å². The minimum absolute atomic E-state index is 0.0314. The van der Waals surface area contributed by atoms with E-state index in [1.54, 1.807) is 18.2 Å². The zero-order chi connectivity index (χ0) is 20.8. The van der Waals surface area contributed by atoms with Gasteiger partial charge in [0.15, 0.2) is 9.84 Å². The molecule has 0 saturated carbocycles. The normalized spacial score (nSPS) is 21.3. The first-order valence-corrected chi connectivity index (χ1v) is 12.1. The number of phenols is 1. The van der Waals surface area contributed by atoms with Crippen LogP contribution in [0.3, 0.4) is 0 Å². The van der Waals surface area contributed by atoms with Crippen LogP contribution in [0.4, 0.5) is 5.69 Å². The van der Waals surface area contributed by atoms with E-state index in [0.29, 0.717) is 5.39 Å². The van der Waals surface area contributed by atoms with Crippen molar-refractivity contribution in [3.63, 3.8) is 0 Å². The van der Waals surface area contributed by atoms with Crippen LogP contribution in [-0.4, -0.2) is 50.7 Å². The molecule has 4 rings (SSSR count). The van der Waals surface area contributed by atoms with E-state index in [4.69, 9.17) is 0 Å². The second kappa shape index (κ2) is 7.01. The fourth-order valence-corrected chi connectivity index (χ4v) is 7.18. The number of rotatable bonds is 4. The van der Waals surface area contributed by atoms with Gasteiger partial charge < -0.3 is 10.2 Å². The molecule has 0 aliphatic carbocycles. The first-order chi connectivity index (χ1) is 13.7. The number of aliphatic hydroxyl groups excluding tert-OH is 1. The molecule has 0 radical (unpaired) electrons. The van der Waals surface area contributed by atoms with Crippen LogP contribution in [0.2, 0.25) is 0 Å². The van der Waals surface area contributed by atoms with E-state index in [9.17, 15) is 27.0 Å². The van der Waals surface area contributed by atoms with Crippen molar-refractivity contribution in [2.45, 2.75) is 17.0 Å². The fourth-order valence-electron chi connectivity index (χ4n) is 3.61. The van der Waals surface area contributed by atoms with Crippen LogP contribution in [0.5, 0.6) is 5.75 Å². The second-order valence-corrected chi connectivity index (χ2v) is 11.0. The molecule has 0 amide bonds. The van der Waals surface area contributed by atoms with Crippen LogP contribution in [0, 0.1) is 0 Å². The maximum atomic E-state index is 13.6. The molecule has 0 aromatic heterocycles.